The highest BCUT2D eigenvalue weighted by Crippen LogP contribution is 2.08. The topological polar surface area (TPSA) is 76.7 Å². The molecule has 3 N–H and O–H groups in total. The summed E-state index contributed by atoms with van der Waals surface area (Å²) in [6.07, 6.45) is 6.84. The number of nitrogens with one attached hydrogen (secondary N) is 1. The van der Waals surface area contributed by atoms with Gasteiger partial charge in [-0.15, -0.1) is 24.0 Å². The Bertz CT molecular complexity index is 310. The normalized spacial score (nSPS) is 12.7. The standard InChI is InChI=1S/C16H33N3O2.HI/c1-13(2)9-8-10-14(3)19-16(17)18-12-7-5-6-11-15(20)21-4;/h13-14H,5-12H2,1-4H3,(H3,17,18,19);1H. The largest absolute Gasteiger partial charge is 0.469 e. The first kappa shape index (κ1) is 23.7. The van der Waals surface area contributed by atoms with Crippen molar-refractivity contribution in [3.8, 4) is 0 Å². The summed E-state index contributed by atoms with van der Waals surface area (Å²) in [5.41, 5.74) is 5.86. The van der Waals surface area contributed by atoms with E-state index in [1.165, 1.54) is 20.0 Å². The highest BCUT2D eigenvalue weighted by molar-refractivity contribution is 14.0. The van der Waals surface area contributed by atoms with Crippen molar-refractivity contribution in [3.05, 3.63) is 0 Å². The Morgan fingerprint density at radius 3 is 2.41 bits per heavy atom. The second-order valence-corrected chi connectivity index (χ2v) is 6.02. The van der Waals surface area contributed by atoms with Crippen LogP contribution in [0.4, 0.5) is 0 Å². The number of nitrogens with two attached hydrogens (primary N) is 1. The number of hydrogen-bond donors (Lipinski definition) is 2. The van der Waals surface area contributed by atoms with Crippen molar-refractivity contribution in [1.29, 1.82) is 0 Å². The molecule has 6 heteroatoms. The molecule has 0 aromatic rings. The first-order chi connectivity index (χ1) is 9.95. The van der Waals surface area contributed by atoms with Gasteiger partial charge in [0, 0.05) is 19.0 Å². The summed E-state index contributed by atoms with van der Waals surface area (Å²) < 4.78 is 4.59. The van der Waals surface area contributed by atoms with E-state index in [0.717, 1.165) is 31.6 Å². The van der Waals surface area contributed by atoms with Crippen LogP contribution in [0.25, 0.3) is 0 Å². The van der Waals surface area contributed by atoms with Gasteiger partial charge in [0.2, 0.25) is 0 Å². The zero-order valence-electron chi connectivity index (χ0n) is 14.6. The van der Waals surface area contributed by atoms with E-state index >= 15 is 0 Å². The van der Waals surface area contributed by atoms with Gasteiger partial charge in [0.15, 0.2) is 5.96 Å². The van der Waals surface area contributed by atoms with Gasteiger partial charge in [0.1, 0.15) is 0 Å². The van der Waals surface area contributed by atoms with Crippen molar-refractivity contribution in [1.82, 2.24) is 5.32 Å². The number of rotatable bonds is 11. The predicted molar refractivity (Wildman–Crippen MR) is 104 cm³/mol. The number of aliphatic imine (C=N–C) groups is 1. The number of carbonyl (C=O) groups excluding carboxylic acids is 1. The minimum Gasteiger partial charge on any atom is -0.469 e. The third-order valence-electron chi connectivity index (χ3n) is 3.36. The van der Waals surface area contributed by atoms with Crippen LogP contribution < -0.4 is 11.1 Å². The minimum atomic E-state index is -0.144. The smallest absolute Gasteiger partial charge is 0.305 e. The van der Waals surface area contributed by atoms with E-state index in [9.17, 15) is 4.79 Å². The Kier molecular flexibility index (Phi) is 16.6. The lowest BCUT2D eigenvalue weighted by Gasteiger charge is -2.15. The van der Waals surface area contributed by atoms with Crippen LogP contribution in [0.2, 0.25) is 0 Å². The molecule has 1 unspecified atom stereocenters. The zero-order chi connectivity index (χ0) is 16.1. The number of unbranched alkanes of at least 4 members (excludes halogenated alkanes) is 2. The molecular formula is C16H34IN3O2. The number of methoxy groups -OCH3 is 1. The Morgan fingerprint density at radius 1 is 1.14 bits per heavy atom. The molecule has 0 aromatic carbocycles. The molecule has 0 aromatic heterocycles. The van der Waals surface area contributed by atoms with Gasteiger partial charge >= 0.3 is 5.97 Å². The van der Waals surface area contributed by atoms with E-state index in [1.807, 2.05) is 0 Å². The third kappa shape index (κ3) is 15.9. The van der Waals surface area contributed by atoms with E-state index in [0.29, 0.717) is 25.0 Å². The van der Waals surface area contributed by atoms with Crippen molar-refractivity contribution >= 4 is 35.9 Å². The maximum atomic E-state index is 10.9. The number of esters is 1. The molecule has 0 radical (unpaired) electrons. The Balaban J connectivity index is 0. The van der Waals surface area contributed by atoms with Gasteiger partial charge < -0.3 is 15.8 Å². The SMILES string of the molecule is COC(=O)CCCCCN=C(N)NC(C)CCCC(C)C.I. The second kappa shape index (κ2) is 15.4. The predicted octanol–water partition coefficient (Wildman–Crippen LogP) is 3.46. The quantitative estimate of drug-likeness (QED) is 0.174. The first-order valence-corrected chi connectivity index (χ1v) is 8.09. The highest BCUT2D eigenvalue weighted by atomic mass is 127. The average Bonchev–Trinajstić information content (AvgIpc) is 2.41. The summed E-state index contributed by atoms with van der Waals surface area (Å²) in [4.78, 5) is 15.2. The molecule has 22 heavy (non-hydrogen) atoms. The van der Waals surface area contributed by atoms with Crippen LogP contribution in [-0.4, -0.2) is 31.6 Å². The third-order valence-corrected chi connectivity index (χ3v) is 3.36. The fourth-order valence-electron chi connectivity index (χ4n) is 2.06. The summed E-state index contributed by atoms with van der Waals surface area (Å²) in [5.74, 6) is 1.14. The van der Waals surface area contributed by atoms with Crippen LogP contribution in [0.1, 0.15) is 65.7 Å². The molecule has 0 fully saturated rings. The maximum Gasteiger partial charge on any atom is 0.305 e. The fourth-order valence-corrected chi connectivity index (χ4v) is 2.06. The lowest BCUT2D eigenvalue weighted by Crippen LogP contribution is -2.38. The highest BCUT2D eigenvalue weighted by Gasteiger charge is 2.03. The number of guanidine groups is 1. The van der Waals surface area contributed by atoms with Crippen LogP contribution in [0.15, 0.2) is 4.99 Å². The molecule has 0 saturated heterocycles. The summed E-state index contributed by atoms with van der Waals surface area (Å²) in [5, 5.41) is 3.23. The van der Waals surface area contributed by atoms with Crippen LogP contribution >= 0.6 is 24.0 Å². The zero-order valence-corrected chi connectivity index (χ0v) is 16.9. The maximum absolute atomic E-state index is 10.9. The van der Waals surface area contributed by atoms with Crippen molar-refractivity contribution < 1.29 is 9.53 Å². The van der Waals surface area contributed by atoms with Crippen molar-refractivity contribution in [2.24, 2.45) is 16.6 Å². The van der Waals surface area contributed by atoms with Crippen molar-refractivity contribution in [3.63, 3.8) is 0 Å². The molecule has 0 rings (SSSR count). The molecule has 0 heterocycles. The molecule has 5 nitrogen and oxygen atoms in total. The van der Waals surface area contributed by atoms with E-state index in [1.54, 1.807) is 0 Å². The molecule has 0 spiro atoms. The number of halogens is 1. The molecule has 1 atom stereocenters. The van der Waals surface area contributed by atoms with Crippen LogP contribution in [0, 0.1) is 5.92 Å². The van der Waals surface area contributed by atoms with E-state index in [4.69, 9.17) is 5.73 Å². The lowest BCUT2D eigenvalue weighted by molar-refractivity contribution is -0.140. The van der Waals surface area contributed by atoms with Crippen molar-refractivity contribution in [2.45, 2.75) is 71.8 Å². The summed E-state index contributed by atoms with van der Waals surface area (Å²) in [6, 6.07) is 0.367. The summed E-state index contributed by atoms with van der Waals surface area (Å²) in [7, 11) is 1.42. The molecule has 132 valence electrons. The van der Waals surface area contributed by atoms with Gasteiger partial charge in [-0.3, -0.25) is 9.79 Å². The van der Waals surface area contributed by atoms with Gasteiger partial charge in [0.05, 0.1) is 7.11 Å². The van der Waals surface area contributed by atoms with Crippen LogP contribution in [0.3, 0.4) is 0 Å². The number of hydrogen-bond acceptors (Lipinski definition) is 3. The fraction of sp³-hybridized carbons (Fsp3) is 0.875. The molecule has 0 saturated carbocycles. The molecule has 0 amide bonds. The Hall–Kier alpha value is -0.530. The van der Waals surface area contributed by atoms with E-state index in [-0.39, 0.29) is 29.9 Å². The lowest BCUT2D eigenvalue weighted by atomic mass is 10.0. The Labute approximate surface area is 152 Å². The van der Waals surface area contributed by atoms with E-state index < -0.39 is 0 Å². The number of nitrogens with zero attached hydrogens (tertiary/aromatic N) is 1. The van der Waals surface area contributed by atoms with Crippen LogP contribution in [-0.2, 0) is 9.53 Å². The number of carbonyl (C=O) groups is 1. The van der Waals surface area contributed by atoms with Gasteiger partial charge in [-0.1, -0.05) is 33.1 Å². The van der Waals surface area contributed by atoms with Crippen LogP contribution in [0.5, 0.6) is 0 Å². The Morgan fingerprint density at radius 2 is 1.82 bits per heavy atom. The van der Waals surface area contributed by atoms with E-state index in [2.05, 4.69) is 35.8 Å². The minimum absolute atomic E-state index is 0. The van der Waals surface area contributed by atoms with Gasteiger partial charge in [-0.2, -0.15) is 0 Å². The molecule has 0 aliphatic carbocycles. The monoisotopic (exact) mass is 427 g/mol. The van der Waals surface area contributed by atoms with Gasteiger partial charge in [-0.25, -0.2) is 0 Å². The second-order valence-electron chi connectivity index (χ2n) is 6.02. The molecular weight excluding hydrogens is 393 g/mol. The van der Waals surface area contributed by atoms with Crippen molar-refractivity contribution in [2.75, 3.05) is 13.7 Å². The van der Waals surface area contributed by atoms with Gasteiger partial charge in [-0.05, 0) is 32.1 Å². The first-order valence-electron chi connectivity index (χ1n) is 8.09. The molecule has 0 bridgehead atoms. The van der Waals surface area contributed by atoms with Gasteiger partial charge in [0.25, 0.3) is 0 Å². The average molecular weight is 427 g/mol. The number of ether oxygens (including phenoxy) is 1. The summed E-state index contributed by atoms with van der Waals surface area (Å²) >= 11 is 0. The molecule has 0 aliphatic rings. The summed E-state index contributed by atoms with van der Waals surface area (Å²) in [6.45, 7) is 7.33. The molecule has 0 aliphatic heterocycles.